The van der Waals surface area contributed by atoms with Gasteiger partial charge in [-0.15, -0.1) is 0 Å². The number of ether oxygens (including phenoxy) is 2. The Hall–Kier alpha value is -1.06. The zero-order valence-corrected chi connectivity index (χ0v) is 12.7. The van der Waals surface area contributed by atoms with E-state index in [2.05, 4.69) is 19.1 Å². The summed E-state index contributed by atoms with van der Waals surface area (Å²) in [6.07, 6.45) is 6.10. The number of hydrogen-bond donors (Lipinski definition) is 1. The minimum absolute atomic E-state index is 0.151. The van der Waals surface area contributed by atoms with Crippen molar-refractivity contribution in [2.75, 3.05) is 7.11 Å². The van der Waals surface area contributed by atoms with Gasteiger partial charge in [0.2, 0.25) is 0 Å². The van der Waals surface area contributed by atoms with Crippen molar-refractivity contribution in [2.24, 2.45) is 11.7 Å². The lowest BCUT2D eigenvalue weighted by Gasteiger charge is -2.34. The Morgan fingerprint density at radius 3 is 2.90 bits per heavy atom. The van der Waals surface area contributed by atoms with Crippen LogP contribution in [0.2, 0.25) is 0 Å². The van der Waals surface area contributed by atoms with Gasteiger partial charge in [0.15, 0.2) is 0 Å². The van der Waals surface area contributed by atoms with E-state index in [0.717, 1.165) is 30.1 Å². The van der Waals surface area contributed by atoms with Gasteiger partial charge in [0.05, 0.1) is 6.61 Å². The van der Waals surface area contributed by atoms with E-state index in [9.17, 15) is 0 Å². The summed E-state index contributed by atoms with van der Waals surface area (Å²) in [6, 6.07) is 8.29. The lowest BCUT2D eigenvalue weighted by atomic mass is 9.82. The van der Waals surface area contributed by atoms with E-state index in [1.165, 1.54) is 19.3 Å². The van der Waals surface area contributed by atoms with Crippen molar-refractivity contribution >= 4 is 0 Å². The van der Waals surface area contributed by atoms with Crippen LogP contribution >= 0.6 is 0 Å². The molecule has 0 bridgehead atoms. The van der Waals surface area contributed by atoms with Crippen LogP contribution in [-0.2, 0) is 11.3 Å². The molecule has 112 valence electrons. The molecule has 1 aromatic rings. The molecule has 20 heavy (non-hydrogen) atoms. The lowest BCUT2D eigenvalue weighted by molar-refractivity contribution is 0.0989. The highest BCUT2D eigenvalue weighted by Gasteiger charge is 2.29. The molecule has 0 spiro atoms. The second kappa shape index (κ2) is 7.65. The maximum absolute atomic E-state index is 6.23. The molecule has 2 rings (SSSR count). The Morgan fingerprint density at radius 2 is 2.15 bits per heavy atom. The fraction of sp³-hybridized carbons (Fsp3) is 0.647. The van der Waals surface area contributed by atoms with Gasteiger partial charge in [-0.2, -0.15) is 0 Å². The predicted molar refractivity (Wildman–Crippen MR) is 81.8 cm³/mol. The Balaban J connectivity index is 1.98. The first-order valence-corrected chi connectivity index (χ1v) is 7.73. The van der Waals surface area contributed by atoms with Crippen molar-refractivity contribution in [1.82, 2.24) is 0 Å². The molecule has 1 aliphatic rings. The normalized spacial score (nSPS) is 26.4. The van der Waals surface area contributed by atoms with Crippen molar-refractivity contribution in [3.63, 3.8) is 0 Å². The SMILES string of the molecule is CCCC1CCC(N)C(Oc2cccc(COC)c2)C1. The highest BCUT2D eigenvalue weighted by atomic mass is 16.5. The molecule has 0 aromatic heterocycles. The van der Waals surface area contributed by atoms with Crippen LogP contribution in [0.25, 0.3) is 0 Å². The summed E-state index contributed by atoms with van der Waals surface area (Å²) < 4.78 is 11.3. The van der Waals surface area contributed by atoms with E-state index in [0.29, 0.717) is 6.61 Å². The largest absolute Gasteiger partial charge is 0.489 e. The topological polar surface area (TPSA) is 44.5 Å². The summed E-state index contributed by atoms with van der Waals surface area (Å²) in [4.78, 5) is 0. The van der Waals surface area contributed by atoms with Gasteiger partial charge in [-0.1, -0.05) is 31.9 Å². The molecule has 3 unspecified atom stereocenters. The van der Waals surface area contributed by atoms with Gasteiger partial charge < -0.3 is 15.2 Å². The summed E-state index contributed by atoms with van der Waals surface area (Å²) in [7, 11) is 1.71. The standard InChI is InChI=1S/C17H27NO2/c1-3-5-13-8-9-16(18)17(11-13)20-15-7-4-6-14(10-15)12-19-2/h4,6-7,10,13,16-17H,3,5,8-9,11-12,18H2,1-2H3. The Labute approximate surface area is 122 Å². The summed E-state index contributed by atoms with van der Waals surface area (Å²) in [6.45, 7) is 2.87. The maximum atomic E-state index is 6.23. The smallest absolute Gasteiger partial charge is 0.120 e. The van der Waals surface area contributed by atoms with Crippen LogP contribution in [0.3, 0.4) is 0 Å². The summed E-state index contributed by atoms with van der Waals surface area (Å²) in [5, 5.41) is 0. The molecule has 3 nitrogen and oxygen atoms in total. The quantitative estimate of drug-likeness (QED) is 0.865. The first kappa shape index (κ1) is 15.3. The van der Waals surface area contributed by atoms with Crippen LogP contribution in [0.1, 0.15) is 44.6 Å². The van der Waals surface area contributed by atoms with Gasteiger partial charge in [-0.3, -0.25) is 0 Å². The van der Waals surface area contributed by atoms with Gasteiger partial charge in [0.25, 0.3) is 0 Å². The van der Waals surface area contributed by atoms with Crippen LogP contribution in [-0.4, -0.2) is 19.3 Å². The molecule has 0 aliphatic heterocycles. The highest BCUT2D eigenvalue weighted by Crippen LogP contribution is 2.30. The molecule has 0 saturated heterocycles. The second-order valence-corrected chi connectivity index (χ2v) is 5.87. The summed E-state index contributed by atoms with van der Waals surface area (Å²) in [5.41, 5.74) is 7.37. The molecule has 0 radical (unpaired) electrons. The third-order valence-electron chi connectivity index (χ3n) is 4.15. The third kappa shape index (κ3) is 4.22. The van der Waals surface area contributed by atoms with E-state index < -0.39 is 0 Å². The second-order valence-electron chi connectivity index (χ2n) is 5.87. The van der Waals surface area contributed by atoms with Crippen LogP contribution in [0.5, 0.6) is 5.75 Å². The zero-order chi connectivity index (χ0) is 14.4. The Kier molecular flexibility index (Phi) is 5.86. The van der Waals surface area contributed by atoms with Crippen molar-refractivity contribution in [3.05, 3.63) is 29.8 Å². The monoisotopic (exact) mass is 277 g/mol. The minimum atomic E-state index is 0.151. The zero-order valence-electron chi connectivity index (χ0n) is 12.7. The van der Waals surface area contributed by atoms with Gasteiger partial charge in [0.1, 0.15) is 11.9 Å². The summed E-state index contributed by atoms with van der Waals surface area (Å²) >= 11 is 0. The first-order chi connectivity index (χ1) is 9.72. The molecule has 1 fully saturated rings. The first-order valence-electron chi connectivity index (χ1n) is 7.73. The van der Waals surface area contributed by atoms with Gasteiger partial charge in [-0.25, -0.2) is 0 Å². The predicted octanol–water partition coefficient (Wildman–Crippen LogP) is 3.51. The molecule has 1 aliphatic carbocycles. The molecule has 1 aromatic carbocycles. The van der Waals surface area contributed by atoms with E-state index in [-0.39, 0.29) is 12.1 Å². The van der Waals surface area contributed by atoms with Gasteiger partial charge in [0, 0.05) is 13.2 Å². The molecule has 2 N–H and O–H groups in total. The fourth-order valence-corrected chi connectivity index (χ4v) is 3.09. The molecule has 0 amide bonds. The number of rotatable bonds is 6. The number of methoxy groups -OCH3 is 1. The molecular formula is C17H27NO2. The molecule has 1 saturated carbocycles. The summed E-state index contributed by atoms with van der Waals surface area (Å²) in [5.74, 6) is 1.68. The van der Waals surface area contributed by atoms with Gasteiger partial charge >= 0.3 is 0 Å². The Bertz CT molecular complexity index is 408. The minimum Gasteiger partial charge on any atom is -0.489 e. The average molecular weight is 277 g/mol. The number of hydrogen-bond acceptors (Lipinski definition) is 3. The van der Waals surface area contributed by atoms with E-state index >= 15 is 0 Å². The van der Waals surface area contributed by atoms with Crippen molar-refractivity contribution in [1.29, 1.82) is 0 Å². The molecule has 3 atom stereocenters. The maximum Gasteiger partial charge on any atom is 0.120 e. The number of nitrogens with two attached hydrogens (primary N) is 1. The van der Waals surface area contributed by atoms with Crippen molar-refractivity contribution in [3.8, 4) is 5.75 Å². The Morgan fingerprint density at radius 1 is 1.30 bits per heavy atom. The van der Waals surface area contributed by atoms with E-state index in [1.54, 1.807) is 7.11 Å². The molecule has 0 heterocycles. The van der Waals surface area contributed by atoms with Crippen molar-refractivity contribution in [2.45, 2.75) is 57.8 Å². The average Bonchev–Trinajstić information content (AvgIpc) is 2.44. The van der Waals surface area contributed by atoms with Crippen LogP contribution < -0.4 is 10.5 Å². The highest BCUT2D eigenvalue weighted by molar-refractivity contribution is 5.28. The van der Waals surface area contributed by atoms with E-state index in [1.807, 2.05) is 12.1 Å². The molecular weight excluding hydrogens is 250 g/mol. The van der Waals surface area contributed by atoms with E-state index in [4.69, 9.17) is 15.2 Å². The fourth-order valence-electron chi connectivity index (χ4n) is 3.09. The molecule has 3 heteroatoms. The number of benzene rings is 1. The van der Waals surface area contributed by atoms with Crippen LogP contribution in [0.15, 0.2) is 24.3 Å². The van der Waals surface area contributed by atoms with Crippen LogP contribution in [0, 0.1) is 5.92 Å². The van der Waals surface area contributed by atoms with Gasteiger partial charge in [-0.05, 0) is 42.9 Å². The third-order valence-corrected chi connectivity index (χ3v) is 4.15. The van der Waals surface area contributed by atoms with Crippen molar-refractivity contribution < 1.29 is 9.47 Å². The lowest BCUT2D eigenvalue weighted by Crippen LogP contribution is -2.43. The van der Waals surface area contributed by atoms with Crippen LogP contribution in [0.4, 0.5) is 0 Å².